The summed E-state index contributed by atoms with van der Waals surface area (Å²) in [5.41, 5.74) is 0. The van der Waals surface area contributed by atoms with E-state index in [1.54, 1.807) is 25.6 Å². The lowest BCUT2D eigenvalue weighted by molar-refractivity contribution is -0.141. The second kappa shape index (κ2) is 20.4. The maximum atomic E-state index is 10.3. The molecule has 0 spiro atoms. The molecule has 0 aliphatic carbocycles. The maximum absolute atomic E-state index is 10.3. The number of hydrogen-bond donors (Lipinski definition) is 3. The normalized spacial score (nSPS) is 11.9. The average Bonchev–Trinajstić information content (AvgIpc) is 2.51. The number of carboxylic acids is 2. The van der Waals surface area contributed by atoms with Gasteiger partial charge in [0.05, 0.1) is 11.8 Å². The number of aliphatic carboxylic acids is 2. The molecule has 0 saturated carbocycles. The highest BCUT2D eigenvalue weighted by atomic mass is 32.2. The molecule has 0 heterocycles. The van der Waals surface area contributed by atoms with Crippen molar-refractivity contribution >= 4 is 36.3 Å². The van der Waals surface area contributed by atoms with E-state index in [1.807, 2.05) is 6.08 Å². The fraction of sp³-hybridized carbons (Fsp3) is 0.750. The van der Waals surface area contributed by atoms with E-state index in [4.69, 9.17) is 10.2 Å². The van der Waals surface area contributed by atoms with Crippen molar-refractivity contribution in [3.63, 3.8) is 0 Å². The summed E-state index contributed by atoms with van der Waals surface area (Å²) in [6.07, 6.45) is 5.34. The van der Waals surface area contributed by atoms with Crippen LogP contribution in [0.5, 0.6) is 0 Å². The second-order valence-electron chi connectivity index (χ2n) is 4.79. The van der Waals surface area contributed by atoms with Crippen LogP contribution in [-0.4, -0.2) is 39.4 Å². The Bertz CT molecular complexity index is 283. The molecule has 0 aromatic heterocycles. The van der Waals surface area contributed by atoms with Crippen molar-refractivity contribution in [1.29, 1.82) is 0 Å². The molecule has 0 unspecified atom stereocenters. The molecule has 0 fully saturated rings. The van der Waals surface area contributed by atoms with Crippen LogP contribution in [0.1, 0.15) is 47.0 Å². The number of thioether (sulfide) groups is 1. The fourth-order valence-corrected chi connectivity index (χ4v) is 1.97. The van der Waals surface area contributed by atoms with Gasteiger partial charge in [0.25, 0.3) is 0 Å². The maximum Gasteiger partial charge on any atom is 0.307 e. The van der Waals surface area contributed by atoms with E-state index < -0.39 is 11.9 Å². The molecule has 6 heteroatoms. The summed E-state index contributed by atoms with van der Waals surface area (Å²) in [6, 6.07) is 0. The second-order valence-corrected chi connectivity index (χ2v) is 6.30. The number of thiol groups is 1. The number of rotatable bonds is 9. The Labute approximate surface area is 145 Å². The van der Waals surface area contributed by atoms with Gasteiger partial charge in [0, 0.05) is 11.5 Å². The first kappa shape index (κ1) is 26.3. The van der Waals surface area contributed by atoms with Gasteiger partial charge in [0.15, 0.2) is 0 Å². The SMILES string of the molecule is C=CCC.CCCCSC[C@H](C)C(=O)O.C[C@@H](CS)C(=O)O. The minimum Gasteiger partial charge on any atom is -0.481 e. The fourth-order valence-electron chi connectivity index (χ4n) is 0.656. The van der Waals surface area contributed by atoms with Gasteiger partial charge in [-0.1, -0.05) is 40.2 Å². The van der Waals surface area contributed by atoms with Gasteiger partial charge in [-0.25, -0.2) is 0 Å². The third-order valence-corrected chi connectivity index (χ3v) is 4.28. The largest absolute Gasteiger partial charge is 0.481 e. The van der Waals surface area contributed by atoms with Crippen LogP contribution in [0.25, 0.3) is 0 Å². The lowest BCUT2D eigenvalue weighted by Crippen LogP contribution is -2.11. The molecule has 4 nitrogen and oxygen atoms in total. The molecule has 0 aromatic carbocycles. The Morgan fingerprint density at radius 2 is 1.64 bits per heavy atom. The van der Waals surface area contributed by atoms with Gasteiger partial charge < -0.3 is 10.2 Å². The first-order valence-electron chi connectivity index (χ1n) is 7.53. The van der Waals surface area contributed by atoms with Gasteiger partial charge in [-0.2, -0.15) is 24.4 Å². The van der Waals surface area contributed by atoms with E-state index in [0.29, 0.717) is 5.75 Å². The summed E-state index contributed by atoms with van der Waals surface area (Å²) >= 11 is 5.51. The zero-order chi connectivity index (χ0) is 18.0. The summed E-state index contributed by atoms with van der Waals surface area (Å²) in [5, 5.41) is 16.7. The van der Waals surface area contributed by atoms with Gasteiger partial charge in [0.2, 0.25) is 0 Å². The Hall–Kier alpha value is -0.620. The summed E-state index contributed by atoms with van der Waals surface area (Å²) in [6.45, 7) is 11.1. The molecule has 22 heavy (non-hydrogen) atoms. The molecule has 0 saturated heterocycles. The highest BCUT2D eigenvalue weighted by Crippen LogP contribution is 2.10. The summed E-state index contributed by atoms with van der Waals surface area (Å²) in [4.78, 5) is 20.2. The quantitative estimate of drug-likeness (QED) is 0.324. The van der Waals surface area contributed by atoms with Crippen LogP contribution in [0.15, 0.2) is 12.7 Å². The van der Waals surface area contributed by atoms with Crippen LogP contribution in [0.4, 0.5) is 0 Å². The van der Waals surface area contributed by atoms with Gasteiger partial charge in [-0.05, 0) is 18.6 Å². The van der Waals surface area contributed by atoms with Crippen molar-refractivity contribution in [3.8, 4) is 0 Å². The van der Waals surface area contributed by atoms with Crippen LogP contribution < -0.4 is 0 Å². The van der Waals surface area contributed by atoms with E-state index >= 15 is 0 Å². The van der Waals surface area contributed by atoms with Gasteiger partial charge >= 0.3 is 11.9 Å². The van der Waals surface area contributed by atoms with Crippen LogP contribution >= 0.6 is 24.4 Å². The molecule has 0 aliphatic heterocycles. The zero-order valence-corrected chi connectivity index (χ0v) is 16.0. The zero-order valence-electron chi connectivity index (χ0n) is 14.2. The molecule has 0 amide bonds. The minimum absolute atomic E-state index is 0.197. The molecular weight excluding hydrogens is 320 g/mol. The van der Waals surface area contributed by atoms with Crippen molar-refractivity contribution in [2.24, 2.45) is 11.8 Å². The van der Waals surface area contributed by atoms with Crippen molar-refractivity contribution in [2.45, 2.75) is 47.0 Å². The highest BCUT2D eigenvalue weighted by Gasteiger charge is 2.09. The van der Waals surface area contributed by atoms with E-state index in [0.717, 1.165) is 17.9 Å². The molecule has 0 aliphatic rings. The Balaban J connectivity index is -0.000000280. The van der Waals surface area contributed by atoms with Crippen LogP contribution in [0, 0.1) is 11.8 Å². The number of unbranched alkanes of at least 4 members (excludes halogenated alkanes) is 1. The Morgan fingerprint density at radius 3 is 1.86 bits per heavy atom. The van der Waals surface area contributed by atoms with E-state index in [2.05, 4.69) is 33.1 Å². The van der Waals surface area contributed by atoms with E-state index in [-0.39, 0.29) is 11.8 Å². The Kier molecular flexibility index (Phi) is 24.4. The topological polar surface area (TPSA) is 74.6 Å². The first-order chi connectivity index (χ1) is 10.3. The molecule has 0 bridgehead atoms. The summed E-state index contributed by atoms with van der Waals surface area (Å²) < 4.78 is 0. The van der Waals surface area contributed by atoms with Crippen molar-refractivity contribution < 1.29 is 19.8 Å². The van der Waals surface area contributed by atoms with Gasteiger partial charge in [-0.15, -0.1) is 6.58 Å². The number of hydrogen-bond acceptors (Lipinski definition) is 4. The van der Waals surface area contributed by atoms with Crippen LogP contribution in [0.2, 0.25) is 0 Å². The molecule has 0 radical (unpaired) electrons. The minimum atomic E-state index is -0.782. The van der Waals surface area contributed by atoms with E-state index in [1.165, 1.54) is 12.8 Å². The van der Waals surface area contributed by atoms with Crippen LogP contribution in [-0.2, 0) is 9.59 Å². The standard InChI is InChI=1S/C8H16O2S.C4H8O2S.C4H8/c1-3-4-5-11-6-7(2)8(9)10;1-3(2-7)4(5)6;1-3-4-2/h7H,3-6H2,1-2H3,(H,9,10);3,7H,2H2,1H3,(H,5,6);3H,1,4H2,2H3/t7-;3-;/m00./s1. The summed E-state index contributed by atoms with van der Waals surface area (Å²) in [5.74, 6) is 0.267. The predicted molar refractivity (Wildman–Crippen MR) is 100 cm³/mol. The smallest absolute Gasteiger partial charge is 0.307 e. The number of carbonyl (C=O) groups is 2. The van der Waals surface area contributed by atoms with Gasteiger partial charge in [0.1, 0.15) is 0 Å². The Morgan fingerprint density at radius 1 is 1.18 bits per heavy atom. The number of allylic oxidation sites excluding steroid dienone is 1. The lowest BCUT2D eigenvalue weighted by atomic mass is 10.2. The third kappa shape index (κ3) is 24.4. The van der Waals surface area contributed by atoms with Crippen molar-refractivity contribution in [1.82, 2.24) is 0 Å². The predicted octanol–water partition coefficient (Wildman–Crippen LogP) is 4.46. The van der Waals surface area contributed by atoms with Crippen LogP contribution in [0.3, 0.4) is 0 Å². The first-order valence-corrected chi connectivity index (χ1v) is 9.32. The monoisotopic (exact) mass is 352 g/mol. The molecular formula is C16H32O4S2. The third-order valence-electron chi connectivity index (χ3n) is 2.42. The van der Waals surface area contributed by atoms with Crippen molar-refractivity contribution in [3.05, 3.63) is 12.7 Å². The van der Waals surface area contributed by atoms with E-state index in [9.17, 15) is 9.59 Å². The molecule has 2 atom stereocenters. The number of carboxylic acid groups (broad SMARTS) is 2. The van der Waals surface area contributed by atoms with Gasteiger partial charge in [-0.3, -0.25) is 9.59 Å². The molecule has 2 N–H and O–H groups in total. The lowest BCUT2D eigenvalue weighted by Gasteiger charge is -2.04. The molecule has 0 aromatic rings. The van der Waals surface area contributed by atoms with Crippen molar-refractivity contribution in [2.75, 3.05) is 17.3 Å². The molecule has 0 rings (SSSR count). The average molecular weight is 353 g/mol. The summed E-state index contributed by atoms with van der Waals surface area (Å²) in [7, 11) is 0. The highest BCUT2D eigenvalue weighted by molar-refractivity contribution is 7.99. The molecule has 132 valence electrons.